The first kappa shape index (κ1) is 28.4. The minimum Gasteiger partial charge on any atom is -0.482 e. The smallest absolute Gasteiger partial charge is 0.408 e. The molecule has 0 fully saturated rings. The number of hydrogen-bond donors (Lipinski definition) is 1. The number of rotatable bonds is 12. The van der Waals surface area contributed by atoms with Crippen LogP contribution in [0.4, 0.5) is 4.79 Å². The highest BCUT2D eigenvalue weighted by atomic mass is 16.6. The topological polar surface area (TPSA) is 117 Å². The Morgan fingerprint density at radius 3 is 2.36 bits per heavy atom. The molecule has 0 heterocycles. The monoisotopic (exact) mass is 499 g/mol. The fourth-order valence-corrected chi connectivity index (χ4v) is 3.20. The molecule has 0 spiro atoms. The van der Waals surface area contributed by atoms with Gasteiger partial charge >= 0.3 is 18.0 Å². The fourth-order valence-electron chi connectivity index (χ4n) is 3.20. The van der Waals surface area contributed by atoms with Gasteiger partial charge in [-0.05, 0) is 44.9 Å². The second-order valence-electron chi connectivity index (χ2n) is 8.90. The maximum Gasteiger partial charge on any atom is 0.408 e. The van der Waals surface area contributed by atoms with Crippen LogP contribution in [-0.2, 0) is 48.0 Å². The summed E-state index contributed by atoms with van der Waals surface area (Å²) in [5.41, 5.74) is 1.23. The van der Waals surface area contributed by atoms with Crippen molar-refractivity contribution in [2.24, 2.45) is 0 Å². The van der Waals surface area contributed by atoms with E-state index in [2.05, 4.69) is 5.32 Å². The van der Waals surface area contributed by atoms with Crippen LogP contribution in [0.5, 0.6) is 5.75 Å². The summed E-state index contributed by atoms with van der Waals surface area (Å²) < 4.78 is 21.1. The van der Waals surface area contributed by atoms with E-state index in [-0.39, 0.29) is 32.7 Å². The first-order chi connectivity index (χ1) is 17.1. The number of hydrogen-bond acceptors (Lipinski definition) is 8. The third kappa shape index (κ3) is 10.2. The van der Waals surface area contributed by atoms with Crippen LogP contribution < -0.4 is 10.1 Å². The Morgan fingerprint density at radius 1 is 1.00 bits per heavy atom. The number of esters is 2. The van der Waals surface area contributed by atoms with E-state index in [9.17, 15) is 19.2 Å². The maximum atomic E-state index is 12.9. The van der Waals surface area contributed by atoms with Crippen molar-refractivity contribution in [3.05, 3.63) is 65.2 Å². The predicted molar refractivity (Wildman–Crippen MR) is 131 cm³/mol. The summed E-state index contributed by atoms with van der Waals surface area (Å²) in [4.78, 5) is 48.2. The van der Waals surface area contributed by atoms with Gasteiger partial charge < -0.3 is 29.1 Å². The van der Waals surface area contributed by atoms with Crippen LogP contribution in [0, 0.1) is 0 Å². The van der Waals surface area contributed by atoms with E-state index in [1.807, 2.05) is 30.3 Å². The summed E-state index contributed by atoms with van der Waals surface area (Å²) >= 11 is 0. The highest BCUT2D eigenvalue weighted by Crippen LogP contribution is 2.22. The van der Waals surface area contributed by atoms with Gasteiger partial charge in [-0.25, -0.2) is 14.4 Å². The third-order valence-electron chi connectivity index (χ3n) is 4.72. The molecule has 1 amide bonds. The molecule has 1 N–H and O–H groups in total. The maximum absolute atomic E-state index is 12.9. The van der Waals surface area contributed by atoms with Gasteiger partial charge in [-0.15, -0.1) is 0 Å². The van der Waals surface area contributed by atoms with Crippen LogP contribution in [0.25, 0.3) is 0 Å². The first-order valence-corrected chi connectivity index (χ1v) is 11.6. The molecule has 0 radical (unpaired) electrons. The van der Waals surface area contributed by atoms with Gasteiger partial charge in [0.15, 0.2) is 6.61 Å². The summed E-state index contributed by atoms with van der Waals surface area (Å²) in [6.07, 6.45) is 0.0681. The highest BCUT2D eigenvalue weighted by Gasteiger charge is 2.26. The van der Waals surface area contributed by atoms with E-state index in [1.54, 1.807) is 45.9 Å². The van der Waals surface area contributed by atoms with Crippen LogP contribution >= 0.6 is 0 Å². The van der Waals surface area contributed by atoms with Gasteiger partial charge in [0.05, 0.1) is 6.61 Å². The molecule has 2 rings (SSSR count). The number of carbonyl (C=O) groups is 4. The molecule has 194 valence electrons. The highest BCUT2D eigenvalue weighted by molar-refractivity contribution is 5.82. The van der Waals surface area contributed by atoms with Crippen molar-refractivity contribution >= 4 is 24.3 Å². The van der Waals surface area contributed by atoms with Crippen molar-refractivity contribution in [1.82, 2.24) is 5.32 Å². The molecule has 9 nitrogen and oxygen atoms in total. The van der Waals surface area contributed by atoms with E-state index in [1.165, 1.54) is 0 Å². The first-order valence-electron chi connectivity index (χ1n) is 11.6. The third-order valence-corrected chi connectivity index (χ3v) is 4.72. The lowest BCUT2D eigenvalue weighted by atomic mass is 10.0. The number of ether oxygens (including phenoxy) is 4. The number of amides is 1. The Labute approximate surface area is 211 Å². The lowest BCUT2D eigenvalue weighted by molar-refractivity contribution is -0.147. The Bertz CT molecular complexity index is 1030. The van der Waals surface area contributed by atoms with E-state index in [0.29, 0.717) is 23.2 Å². The average molecular weight is 500 g/mol. The molecule has 2 aromatic rings. The zero-order valence-electron chi connectivity index (χ0n) is 21.1. The Balaban J connectivity index is 2.19. The lowest BCUT2D eigenvalue weighted by Crippen LogP contribution is -2.45. The number of nitrogens with one attached hydrogen (secondary N) is 1. The van der Waals surface area contributed by atoms with E-state index < -0.39 is 29.7 Å². The minimum atomic E-state index is -1.04. The largest absolute Gasteiger partial charge is 0.482 e. The zero-order valence-corrected chi connectivity index (χ0v) is 21.1. The van der Waals surface area contributed by atoms with Crippen molar-refractivity contribution in [2.75, 3.05) is 13.2 Å². The van der Waals surface area contributed by atoms with E-state index in [0.717, 1.165) is 5.56 Å². The molecule has 1 atom stereocenters. The standard InChI is InChI=1S/C27H33NO8/c1-5-33-24(30)18-34-23-12-11-20(15-21(23)13-14-29)16-22(28-26(32)36-27(2,3)4)25(31)35-17-19-9-7-6-8-10-19/h6-12,14-15,22H,5,13,16-18H2,1-4H3,(H,28,32)/t22-/m0/s1. The quantitative estimate of drug-likeness (QED) is 0.268. The van der Waals surface area contributed by atoms with Crippen LogP contribution in [-0.4, -0.2) is 49.2 Å². The summed E-state index contributed by atoms with van der Waals surface area (Å²) in [6.45, 7) is 6.82. The summed E-state index contributed by atoms with van der Waals surface area (Å²) in [5, 5.41) is 2.58. The second kappa shape index (κ2) is 13.9. The van der Waals surface area contributed by atoms with Gasteiger partial charge in [-0.2, -0.15) is 0 Å². The van der Waals surface area contributed by atoms with Crippen molar-refractivity contribution < 1.29 is 38.1 Å². The normalized spacial score (nSPS) is 11.7. The molecule has 0 unspecified atom stereocenters. The molecule has 0 aromatic heterocycles. The van der Waals surface area contributed by atoms with Crippen LogP contribution in [0.2, 0.25) is 0 Å². The van der Waals surface area contributed by atoms with Gasteiger partial charge in [0.1, 0.15) is 30.3 Å². The van der Waals surface area contributed by atoms with Crippen molar-refractivity contribution in [3.8, 4) is 5.75 Å². The van der Waals surface area contributed by atoms with Crippen molar-refractivity contribution in [1.29, 1.82) is 0 Å². The van der Waals surface area contributed by atoms with Crippen molar-refractivity contribution in [2.45, 2.75) is 58.8 Å². The predicted octanol–water partition coefficient (Wildman–Crippen LogP) is 3.55. The molecule has 2 aromatic carbocycles. The van der Waals surface area contributed by atoms with Gasteiger partial charge in [0, 0.05) is 18.4 Å². The molecule has 9 heteroatoms. The average Bonchev–Trinajstić information content (AvgIpc) is 2.81. The molecule has 0 aliphatic heterocycles. The van der Waals surface area contributed by atoms with Crippen LogP contribution in [0.3, 0.4) is 0 Å². The molecule has 0 saturated heterocycles. The number of alkyl carbamates (subject to hydrolysis) is 1. The molecule has 0 bridgehead atoms. The molecule has 0 aliphatic carbocycles. The molecular weight excluding hydrogens is 466 g/mol. The van der Waals surface area contributed by atoms with E-state index in [4.69, 9.17) is 18.9 Å². The SMILES string of the molecule is CCOC(=O)COc1ccc(C[C@H](NC(=O)OC(C)(C)C)C(=O)OCc2ccccc2)cc1CC=O. The summed E-state index contributed by atoms with van der Waals surface area (Å²) in [6, 6.07) is 13.1. The number of benzene rings is 2. The minimum absolute atomic E-state index is 0.0363. The molecule has 0 aliphatic rings. The molecule has 0 saturated carbocycles. The van der Waals surface area contributed by atoms with Gasteiger partial charge in [-0.3, -0.25) is 0 Å². The van der Waals surface area contributed by atoms with Gasteiger partial charge in [0.25, 0.3) is 0 Å². The zero-order chi connectivity index (χ0) is 26.6. The number of carbonyl (C=O) groups excluding carboxylic acids is 4. The number of aldehydes is 1. The van der Waals surface area contributed by atoms with Crippen LogP contribution in [0.15, 0.2) is 48.5 Å². The summed E-state index contributed by atoms with van der Waals surface area (Å²) in [7, 11) is 0. The van der Waals surface area contributed by atoms with Gasteiger partial charge in [-0.1, -0.05) is 42.5 Å². The Hall–Kier alpha value is -3.88. The molecule has 36 heavy (non-hydrogen) atoms. The fraction of sp³-hybridized carbons (Fsp3) is 0.407. The van der Waals surface area contributed by atoms with Gasteiger partial charge in [0.2, 0.25) is 0 Å². The Kier molecular flexibility index (Phi) is 10.9. The van der Waals surface area contributed by atoms with E-state index >= 15 is 0 Å². The van der Waals surface area contributed by atoms with Crippen molar-refractivity contribution in [3.63, 3.8) is 0 Å². The Morgan fingerprint density at radius 2 is 1.72 bits per heavy atom. The second-order valence-corrected chi connectivity index (χ2v) is 8.90. The van der Waals surface area contributed by atoms with Crippen LogP contribution in [0.1, 0.15) is 44.4 Å². The molecular formula is C27H33NO8. The lowest BCUT2D eigenvalue weighted by Gasteiger charge is -2.23. The summed E-state index contributed by atoms with van der Waals surface area (Å²) in [5.74, 6) is -0.812.